The molecule has 0 fully saturated rings. The highest BCUT2D eigenvalue weighted by Gasteiger charge is 2.50. The van der Waals surface area contributed by atoms with Crippen LogP contribution in [0.25, 0.3) is 0 Å². The largest absolute Gasteiger partial charge is 0.396 e. The van der Waals surface area contributed by atoms with E-state index < -0.39 is 5.41 Å². The molecule has 1 aliphatic heterocycles. The number of hydrogen-bond acceptors (Lipinski definition) is 3. The van der Waals surface area contributed by atoms with Crippen LogP contribution in [0.1, 0.15) is 24.0 Å². The number of amides is 2. The van der Waals surface area contributed by atoms with Gasteiger partial charge in [0.1, 0.15) is 0 Å². The number of hydrogen-bond donors (Lipinski definition) is 2. The highest BCUT2D eigenvalue weighted by atomic mass is 16.3. The van der Waals surface area contributed by atoms with Gasteiger partial charge in [-0.2, -0.15) is 0 Å². The number of nitrogens with one attached hydrogen (secondary N) is 1. The van der Waals surface area contributed by atoms with Crippen LogP contribution in [0.15, 0.2) is 54.6 Å². The molecule has 2 aromatic rings. The molecule has 0 unspecified atom stereocenters. The van der Waals surface area contributed by atoms with Gasteiger partial charge in [-0.05, 0) is 30.0 Å². The molecule has 1 heterocycles. The molecule has 3 rings (SSSR count). The van der Waals surface area contributed by atoms with Crippen LogP contribution in [-0.2, 0) is 21.4 Å². The summed E-state index contributed by atoms with van der Waals surface area (Å²) in [5.74, 6) is -0.229. The lowest BCUT2D eigenvalue weighted by atomic mass is 9.73. The van der Waals surface area contributed by atoms with Crippen molar-refractivity contribution in [3.05, 3.63) is 65.7 Å². The van der Waals surface area contributed by atoms with E-state index in [1.165, 1.54) is 0 Å². The van der Waals surface area contributed by atoms with E-state index >= 15 is 0 Å². The number of nitrogens with zero attached hydrogens (tertiary/aromatic N) is 1. The van der Waals surface area contributed by atoms with Crippen molar-refractivity contribution >= 4 is 17.5 Å². The normalized spacial score (nSPS) is 18.7. The van der Waals surface area contributed by atoms with Crippen LogP contribution in [0, 0.1) is 0 Å². The van der Waals surface area contributed by atoms with Gasteiger partial charge in [-0.3, -0.25) is 9.59 Å². The van der Waals surface area contributed by atoms with E-state index in [1.807, 2.05) is 54.6 Å². The van der Waals surface area contributed by atoms with Gasteiger partial charge in [-0.15, -0.1) is 0 Å². The topological polar surface area (TPSA) is 69.6 Å². The van der Waals surface area contributed by atoms with Gasteiger partial charge in [-0.25, -0.2) is 0 Å². The van der Waals surface area contributed by atoms with Crippen molar-refractivity contribution in [3.8, 4) is 0 Å². The predicted octanol–water partition coefficient (Wildman–Crippen LogP) is 2.03. The summed E-state index contributed by atoms with van der Waals surface area (Å²) in [5, 5.41) is 11.7. The Hall–Kier alpha value is -2.66. The monoisotopic (exact) mass is 352 g/mol. The molecular formula is C21H24N2O3. The number of carbonyl (C=O) groups excluding carboxylic acids is 2. The summed E-state index contributed by atoms with van der Waals surface area (Å²) in [6, 6.07) is 17.5. The van der Waals surface area contributed by atoms with E-state index in [0.29, 0.717) is 19.4 Å². The summed E-state index contributed by atoms with van der Waals surface area (Å²) >= 11 is 0. The Morgan fingerprint density at radius 1 is 1.12 bits per heavy atom. The molecule has 2 N–H and O–H groups in total. The van der Waals surface area contributed by atoms with Gasteiger partial charge in [0.15, 0.2) is 0 Å². The van der Waals surface area contributed by atoms with E-state index in [4.69, 9.17) is 5.11 Å². The van der Waals surface area contributed by atoms with Crippen LogP contribution < -0.4 is 10.2 Å². The fraction of sp³-hybridized carbons (Fsp3) is 0.333. The smallest absolute Gasteiger partial charge is 0.238 e. The highest BCUT2D eigenvalue weighted by molar-refractivity contribution is 6.09. The summed E-state index contributed by atoms with van der Waals surface area (Å²) < 4.78 is 0. The number of carbonyl (C=O) groups is 2. The van der Waals surface area contributed by atoms with Crippen molar-refractivity contribution in [2.24, 2.45) is 0 Å². The molecule has 5 heteroatoms. The Kier molecular flexibility index (Phi) is 5.38. The summed E-state index contributed by atoms with van der Waals surface area (Å²) in [6.07, 6.45) is 1.07. The van der Waals surface area contributed by atoms with Crippen LogP contribution >= 0.6 is 0 Å². The average Bonchev–Trinajstić information content (AvgIpc) is 2.85. The Morgan fingerprint density at radius 3 is 2.54 bits per heavy atom. The molecule has 0 saturated heterocycles. The van der Waals surface area contributed by atoms with Crippen molar-refractivity contribution in [1.29, 1.82) is 0 Å². The van der Waals surface area contributed by atoms with Gasteiger partial charge in [0.05, 0.1) is 5.41 Å². The maximum absolute atomic E-state index is 13.3. The zero-order valence-electron chi connectivity index (χ0n) is 14.9. The molecule has 0 aliphatic carbocycles. The molecule has 0 saturated carbocycles. The zero-order valence-corrected chi connectivity index (χ0v) is 14.9. The minimum atomic E-state index is -0.907. The Balaban J connectivity index is 1.97. The number of rotatable bonds is 7. The summed E-state index contributed by atoms with van der Waals surface area (Å²) in [5.41, 5.74) is 1.87. The fourth-order valence-corrected chi connectivity index (χ4v) is 3.71. The fourth-order valence-electron chi connectivity index (χ4n) is 3.71. The molecule has 2 amide bonds. The number of benzene rings is 2. The zero-order chi connectivity index (χ0) is 18.6. The van der Waals surface area contributed by atoms with E-state index in [1.54, 1.807) is 11.9 Å². The van der Waals surface area contributed by atoms with Gasteiger partial charge in [0, 0.05) is 32.3 Å². The minimum absolute atomic E-state index is 0.0277. The van der Waals surface area contributed by atoms with Crippen LogP contribution in [0.3, 0.4) is 0 Å². The Morgan fingerprint density at radius 2 is 1.81 bits per heavy atom. The number of para-hydroxylation sites is 1. The first kappa shape index (κ1) is 18.1. The van der Waals surface area contributed by atoms with Crippen LogP contribution in [0.5, 0.6) is 0 Å². The molecule has 0 radical (unpaired) electrons. The third-order valence-corrected chi connectivity index (χ3v) is 4.96. The minimum Gasteiger partial charge on any atom is -0.396 e. The number of aliphatic hydroxyl groups is 1. The standard InChI is InChI=1S/C21H24N2O3/c1-23-18-11-6-5-10-17(18)21(20(23)26,14-16-8-3-2-4-9-16)15-19(25)22-12-7-13-24/h2-6,8-11,24H,7,12-15H2,1H3,(H,22,25)/t21-/m0/s1. The highest BCUT2D eigenvalue weighted by Crippen LogP contribution is 2.45. The number of aliphatic hydroxyl groups excluding tert-OH is 1. The van der Waals surface area contributed by atoms with Crippen molar-refractivity contribution in [2.75, 3.05) is 25.1 Å². The second kappa shape index (κ2) is 7.70. The van der Waals surface area contributed by atoms with E-state index in [-0.39, 0.29) is 24.8 Å². The van der Waals surface area contributed by atoms with Gasteiger partial charge >= 0.3 is 0 Å². The molecule has 2 aromatic carbocycles. The third kappa shape index (κ3) is 3.35. The Labute approximate surface area is 153 Å². The lowest BCUT2D eigenvalue weighted by Gasteiger charge is -2.28. The molecule has 136 valence electrons. The lowest BCUT2D eigenvalue weighted by Crippen LogP contribution is -2.44. The van der Waals surface area contributed by atoms with E-state index in [9.17, 15) is 9.59 Å². The number of fused-ring (bicyclic) bond motifs is 1. The second-order valence-corrected chi connectivity index (χ2v) is 6.73. The maximum atomic E-state index is 13.3. The molecule has 0 bridgehead atoms. The Bertz CT molecular complexity index is 791. The first-order valence-corrected chi connectivity index (χ1v) is 8.87. The first-order chi connectivity index (χ1) is 12.6. The molecule has 1 atom stereocenters. The molecular weight excluding hydrogens is 328 g/mol. The van der Waals surface area contributed by atoms with Crippen LogP contribution in [0.4, 0.5) is 5.69 Å². The molecule has 5 nitrogen and oxygen atoms in total. The van der Waals surface area contributed by atoms with Crippen LogP contribution in [0.2, 0.25) is 0 Å². The summed E-state index contributed by atoms with van der Waals surface area (Å²) in [7, 11) is 1.76. The molecule has 0 aromatic heterocycles. The first-order valence-electron chi connectivity index (χ1n) is 8.87. The van der Waals surface area contributed by atoms with Crippen LogP contribution in [-0.4, -0.2) is 37.1 Å². The third-order valence-electron chi connectivity index (χ3n) is 4.96. The molecule has 26 heavy (non-hydrogen) atoms. The maximum Gasteiger partial charge on any atom is 0.238 e. The van der Waals surface area contributed by atoms with Gasteiger partial charge in [0.25, 0.3) is 0 Å². The lowest BCUT2D eigenvalue weighted by molar-refractivity contribution is -0.129. The van der Waals surface area contributed by atoms with Crippen molar-refractivity contribution in [2.45, 2.75) is 24.7 Å². The molecule has 1 aliphatic rings. The number of likely N-dealkylation sites (N-methyl/N-ethyl adjacent to an activating group) is 1. The summed E-state index contributed by atoms with van der Waals surface area (Å²) in [4.78, 5) is 27.5. The van der Waals surface area contributed by atoms with Crippen molar-refractivity contribution in [1.82, 2.24) is 5.32 Å². The van der Waals surface area contributed by atoms with Crippen molar-refractivity contribution in [3.63, 3.8) is 0 Å². The SMILES string of the molecule is CN1C(=O)[C@](CC(=O)NCCCO)(Cc2ccccc2)c2ccccc21. The average molecular weight is 352 g/mol. The van der Waals surface area contributed by atoms with E-state index in [2.05, 4.69) is 5.32 Å². The molecule has 0 spiro atoms. The second-order valence-electron chi connectivity index (χ2n) is 6.73. The predicted molar refractivity (Wildman–Crippen MR) is 101 cm³/mol. The quantitative estimate of drug-likeness (QED) is 0.749. The summed E-state index contributed by atoms with van der Waals surface area (Å²) in [6.45, 7) is 0.433. The van der Waals surface area contributed by atoms with Gasteiger partial charge in [-0.1, -0.05) is 48.5 Å². The van der Waals surface area contributed by atoms with Gasteiger partial charge in [0.2, 0.25) is 11.8 Å². The van der Waals surface area contributed by atoms with E-state index in [0.717, 1.165) is 16.8 Å². The van der Waals surface area contributed by atoms with Crippen molar-refractivity contribution < 1.29 is 14.7 Å². The van der Waals surface area contributed by atoms with Gasteiger partial charge < -0.3 is 15.3 Å². The number of anilines is 1.